The SMILES string of the molecule is CCCCCC/C=C\C=C/CCCCCCCC(=O)O[C@H](COC(=O)CCCCCCCCC(C)CC)COP(=O)(O)OC[C@H](O)COP(=O)(O)OC[C@@H](COC(=O)CCCCCCCCCCC(C)C)OC(=O)CCCCCCCCCCCCCCCCCCCCC(C)C. The highest BCUT2D eigenvalue weighted by atomic mass is 31.2. The molecular formula is C78H148O17P2. The van der Waals surface area contributed by atoms with E-state index < -0.39 is 97.5 Å². The molecule has 0 heterocycles. The van der Waals surface area contributed by atoms with Crippen molar-refractivity contribution in [3.8, 4) is 0 Å². The van der Waals surface area contributed by atoms with Crippen molar-refractivity contribution in [2.45, 2.75) is 394 Å². The predicted octanol–water partition coefficient (Wildman–Crippen LogP) is 22.5. The molecule has 3 N–H and O–H groups in total. The van der Waals surface area contributed by atoms with Crippen molar-refractivity contribution in [2.24, 2.45) is 17.8 Å². The molecule has 0 aromatic heterocycles. The number of esters is 4. The van der Waals surface area contributed by atoms with Crippen LogP contribution >= 0.6 is 15.6 Å². The molecule has 17 nitrogen and oxygen atoms in total. The van der Waals surface area contributed by atoms with Gasteiger partial charge in [0, 0.05) is 25.7 Å². The minimum absolute atomic E-state index is 0.0839. The van der Waals surface area contributed by atoms with Gasteiger partial charge in [0.15, 0.2) is 12.2 Å². The molecule has 19 heteroatoms. The summed E-state index contributed by atoms with van der Waals surface area (Å²) in [5.41, 5.74) is 0. The van der Waals surface area contributed by atoms with Crippen LogP contribution in [-0.2, 0) is 65.4 Å². The second-order valence-corrected chi connectivity index (χ2v) is 31.5. The lowest BCUT2D eigenvalue weighted by molar-refractivity contribution is -0.161. The van der Waals surface area contributed by atoms with Crippen molar-refractivity contribution in [2.75, 3.05) is 39.6 Å². The summed E-state index contributed by atoms with van der Waals surface area (Å²) in [6.45, 7) is 11.8. The molecule has 0 saturated heterocycles. The molecule has 97 heavy (non-hydrogen) atoms. The summed E-state index contributed by atoms with van der Waals surface area (Å²) in [5, 5.41) is 10.6. The Morgan fingerprint density at radius 1 is 0.340 bits per heavy atom. The smallest absolute Gasteiger partial charge is 0.462 e. The minimum Gasteiger partial charge on any atom is -0.462 e. The van der Waals surface area contributed by atoms with E-state index >= 15 is 0 Å². The molecular weight excluding hydrogens is 1270 g/mol. The van der Waals surface area contributed by atoms with E-state index in [1.807, 2.05) is 0 Å². The first-order valence-electron chi connectivity index (χ1n) is 39.7. The van der Waals surface area contributed by atoms with Crippen LogP contribution in [0, 0.1) is 17.8 Å². The average molecular weight is 1420 g/mol. The van der Waals surface area contributed by atoms with Gasteiger partial charge in [-0.3, -0.25) is 37.3 Å². The number of carbonyl (C=O) groups is 4. The standard InChI is InChI=1S/C78H148O17P2/c1-8-10-11-12-13-14-15-16-21-25-28-31-38-47-54-62-78(83)95-74(66-89-76(81)60-53-46-41-40-44-51-58-71(7)9-2)68-93-97(86,87)91-64-72(79)63-90-96(84,85)92-67-73(65-88-75(80)59-52-45-37-34-33-36-43-50-57-70(5)6)94-77(82)61-55-48-39-32-29-26-23-20-18-17-19-22-24-27-30-35-42-49-56-69(3)4/h14-16,21,69-74,79H,8-13,17-20,22-68H2,1-7H3,(H,84,85)(H,86,87)/b15-14-,21-16-/t71?,72-,73-,74-/m1/s1. The summed E-state index contributed by atoms with van der Waals surface area (Å²) >= 11 is 0. The van der Waals surface area contributed by atoms with Crippen molar-refractivity contribution in [1.29, 1.82) is 0 Å². The van der Waals surface area contributed by atoms with E-state index in [4.69, 9.17) is 37.0 Å². The second-order valence-electron chi connectivity index (χ2n) is 28.6. The number of allylic oxidation sites excluding steroid dienone is 4. The van der Waals surface area contributed by atoms with Gasteiger partial charge in [-0.1, -0.05) is 323 Å². The Hall–Kier alpha value is -2.46. The molecule has 0 aromatic carbocycles. The molecule has 0 amide bonds. The van der Waals surface area contributed by atoms with Gasteiger partial charge in [-0.05, 0) is 69.1 Å². The summed E-state index contributed by atoms with van der Waals surface area (Å²) in [6.07, 6.45) is 57.9. The fourth-order valence-electron chi connectivity index (χ4n) is 11.4. The van der Waals surface area contributed by atoms with E-state index in [-0.39, 0.29) is 25.7 Å². The Kier molecular flexibility index (Phi) is 66.3. The maximum absolute atomic E-state index is 13.1. The molecule has 3 unspecified atom stereocenters. The normalized spacial score (nSPS) is 14.5. The lowest BCUT2D eigenvalue weighted by atomic mass is 10.00. The van der Waals surface area contributed by atoms with E-state index in [0.717, 1.165) is 127 Å². The number of phosphoric ester groups is 2. The highest BCUT2D eigenvalue weighted by molar-refractivity contribution is 7.47. The van der Waals surface area contributed by atoms with Gasteiger partial charge in [0.2, 0.25) is 0 Å². The van der Waals surface area contributed by atoms with Gasteiger partial charge in [0.1, 0.15) is 19.3 Å². The van der Waals surface area contributed by atoms with Gasteiger partial charge in [-0.2, -0.15) is 0 Å². The van der Waals surface area contributed by atoms with Crippen LogP contribution in [-0.4, -0.2) is 96.7 Å². The first-order valence-corrected chi connectivity index (χ1v) is 42.7. The van der Waals surface area contributed by atoms with E-state index in [0.29, 0.717) is 25.7 Å². The van der Waals surface area contributed by atoms with Crippen LogP contribution in [0.5, 0.6) is 0 Å². The molecule has 0 spiro atoms. The highest BCUT2D eigenvalue weighted by Crippen LogP contribution is 2.45. The van der Waals surface area contributed by atoms with Gasteiger partial charge in [-0.25, -0.2) is 9.13 Å². The number of hydrogen-bond acceptors (Lipinski definition) is 15. The van der Waals surface area contributed by atoms with Crippen LogP contribution < -0.4 is 0 Å². The van der Waals surface area contributed by atoms with Crippen LogP contribution in [0.3, 0.4) is 0 Å². The Morgan fingerprint density at radius 3 is 0.918 bits per heavy atom. The number of hydrogen-bond donors (Lipinski definition) is 3. The van der Waals surface area contributed by atoms with Crippen LogP contribution in [0.15, 0.2) is 24.3 Å². The quantitative estimate of drug-likeness (QED) is 0.0169. The molecule has 0 aromatic rings. The van der Waals surface area contributed by atoms with Crippen LogP contribution in [0.4, 0.5) is 0 Å². The predicted molar refractivity (Wildman–Crippen MR) is 395 cm³/mol. The molecule has 0 radical (unpaired) electrons. The maximum Gasteiger partial charge on any atom is 0.472 e. The highest BCUT2D eigenvalue weighted by Gasteiger charge is 2.30. The Balaban J connectivity index is 5.23. The second kappa shape index (κ2) is 68.0. The van der Waals surface area contributed by atoms with E-state index in [2.05, 4.69) is 72.8 Å². The van der Waals surface area contributed by atoms with Gasteiger partial charge < -0.3 is 33.8 Å². The number of carbonyl (C=O) groups excluding carboxylic acids is 4. The number of aliphatic hydroxyl groups is 1. The van der Waals surface area contributed by atoms with Crippen molar-refractivity contribution in [3.63, 3.8) is 0 Å². The fourth-order valence-corrected chi connectivity index (χ4v) is 13.0. The zero-order chi connectivity index (χ0) is 71.6. The van der Waals surface area contributed by atoms with Crippen LogP contribution in [0.25, 0.3) is 0 Å². The van der Waals surface area contributed by atoms with E-state index in [1.165, 1.54) is 167 Å². The topological polar surface area (TPSA) is 237 Å². The third kappa shape index (κ3) is 70.4. The lowest BCUT2D eigenvalue weighted by Crippen LogP contribution is -2.30. The third-order valence-electron chi connectivity index (χ3n) is 17.9. The maximum atomic E-state index is 13.1. The fraction of sp³-hybridized carbons (Fsp3) is 0.897. The Morgan fingerprint density at radius 2 is 0.608 bits per heavy atom. The molecule has 0 saturated carbocycles. The summed E-state index contributed by atoms with van der Waals surface area (Å²) in [5.74, 6) is 0.122. The number of phosphoric acid groups is 2. The van der Waals surface area contributed by atoms with Gasteiger partial charge in [-0.15, -0.1) is 0 Å². The van der Waals surface area contributed by atoms with Gasteiger partial charge in [0.25, 0.3) is 0 Å². The van der Waals surface area contributed by atoms with Crippen molar-refractivity contribution < 1.29 is 80.2 Å². The molecule has 0 aliphatic rings. The number of rotatable bonds is 74. The molecule has 572 valence electrons. The Bertz CT molecular complexity index is 1980. The zero-order valence-electron chi connectivity index (χ0n) is 63.0. The molecule has 0 aliphatic heterocycles. The van der Waals surface area contributed by atoms with Crippen molar-refractivity contribution >= 4 is 39.5 Å². The molecule has 6 atom stereocenters. The van der Waals surface area contributed by atoms with Crippen LogP contribution in [0.2, 0.25) is 0 Å². The van der Waals surface area contributed by atoms with Gasteiger partial charge >= 0.3 is 39.5 Å². The molecule has 0 aliphatic carbocycles. The summed E-state index contributed by atoms with van der Waals surface area (Å²) in [7, 11) is -9.93. The van der Waals surface area contributed by atoms with Crippen molar-refractivity contribution in [3.05, 3.63) is 24.3 Å². The molecule has 0 rings (SSSR count). The van der Waals surface area contributed by atoms with Crippen molar-refractivity contribution in [1.82, 2.24) is 0 Å². The third-order valence-corrected chi connectivity index (χ3v) is 19.8. The minimum atomic E-state index is -4.96. The first kappa shape index (κ1) is 94.5. The van der Waals surface area contributed by atoms with E-state index in [1.54, 1.807) is 0 Å². The van der Waals surface area contributed by atoms with Gasteiger partial charge in [0.05, 0.1) is 26.4 Å². The molecule has 0 fully saturated rings. The zero-order valence-corrected chi connectivity index (χ0v) is 64.8. The average Bonchev–Trinajstić information content (AvgIpc) is 1.44. The largest absolute Gasteiger partial charge is 0.472 e. The first-order chi connectivity index (χ1) is 46.8. The Labute approximate surface area is 592 Å². The van der Waals surface area contributed by atoms with Crippen LogP contribution in [0.1, 0.15) is 376 Å². The number of ether oxygens (including phenoxy) is 4. The summed E-state index contributed by atoms with van der Waals surface area (Å²) in [4.78, 5) is 72.8. The van der Waals surface area contributed by atoms with E-state index in [9.17, 15) is 43.2 Å². The summed E-state index contributed by atoms with van der Waals surface area (Å²) in [6, 6.07) is 0. The summed E-state index contributed by atoms with van der Waals surface area (Å²) < 4.78 is 68.5. The molecule has 0 bridgehead atoms. The number of unbranched alkanes of at least 4 members (excludes halogenated alkanes) is 38. The monoisotopic (exact) mass is 1420 g/mol. The lowest BCUT2D eigenvalue weighted by Gasteiger charge is -2.21. The number of aliphatic hydroxyl groups excluding tert-OH is 1.